The van der Waals surface area contributed by atoms with Crippen LogP contribution in [0.15, 0.2) is 29.2 Å². The van der Waals surface area contributed by atoms with Crippen LogP contribution < -0.4 is 20.1 Å². The second-order valence-electron chi connectivity index (χ2n) is 7.02. The highest BCUT2D eigenvalue weighted by Crippen LogP contribution is 2.17. The maximum absolute atomic E-state index is 12.7. The van der Waals surface area contributed by atoms with Crippen LogP contribution in [0.4, 0.5) is 0 Å². The first-order valence-corrected chi connectivity index (χ1v) is 10.4. The molecule has 1 aromatic rings. The summed E-state index contributed by atoms with van der Waals surface area (Å²) in [5.41, 5.74) is 0. The summed E-state index contributed by atoms with van der Waals surface area (Å²) < 4.78 is 32.9. The Morgan fingerprint density at radius 2 is 1.92 bits per heavy atom. The zero-order valence-electron chi connectivity index (χ0n) is 15.8. The van der Waals surface area contributed by atoms with Gasteiger partial charge in [0.25, 0.3) is 0 Å². The number of sulfonamides is 1. The summed E-state index contributed by atoms with van der Waals surface area (Å²) in [6.45, 7) is 6.61. The van der Waals surface area contributed by atoms with Gasteiger partial charge >= 0.3 is 0 Å². The van der Waals surface area contributed by atoms with Gasteiger partial charge in [-0.25, -0.2) is 8.42 Å². The highest BCUT2D eigenvalue weighted by molar-refractivity contribution is 7.89. The van der Waals surface area contributed by atoms with Gasteiger partial charge in [-0.15, -0.1) is 0 Å². The molecule has 8 heteroatoms. The Hall–Kier alpha value is -1.64. The third-order valence-corrected chi connectivity index (χ3v) is 6.15. The minimum atomic E-state index is -3.81. The average molecular weight is 384 g/mol. The number of hydrogen-bond donors (Lipinski definition) is 3. The molecule has 1 saturated heterocycles. The number of nitrogens with one attached hydrogen (secondary N) is 3. The zero-order chi connectivity index (χ0) is 19.3. The monoisotopic (exact) mass is 383 g/mol. The van der Waals surface area contributed by atoms with Crippen molar-refractivity contribution in [2.24, 2.45) is 5.92 Å². The highest BCUT2D eigenvalue weighted by atomic mass is 32.2. The number of amides is 1. The lowest BCUT2D eigenvalue weighted by Crippen LogP contribution is -2.57. The Morgan fingerprint density at radius 1 is 1.27 bits per heavy atom. The highest BCUT2D eigenvalue weighted by Gasteiger charge is 2.31. The van der Waals surface area contributed by atoms with E-state index in [0.29, 0.717) is 5.75 Å². The molecule has 3 atom stereocenters. The van der Waals surface area contributed by atoms with Crippen molar-refractivity contribution in [2.45, 2.75) is 56.6 Å². The fourth-order valence-corrected chi connectivity index (χ4v) is 4.34. The van der Waals surface area contributed by atoms with Crippen molar-refractivity contribution >= 4 is 15.9 Å². The topological polar surface area (TPSA) is 96.5 Å². The van der Waals surface area contributed by atoms with E-state index < -0.39 is 16.1 Å². The van der Waals surface area contributed by atoms with Crippen LogP contribution in [0.5, 0.6) is 5.75 Å². The van der Waals surface area contributed by atoms with Crippen LogP contribution in [-0.4, -0.2) is 46.1 Å². The predicted octanol–water partition coefficient (Wildman–Crippen LogP) is 1.25. The van der Waals surface area contributed by atoms with Crippen LogP contribution in [0.25, 0.3) is 0 Å². The summed E-state index contributed by atoms with van der Waals surface area (Å²) in [6.07, 6.45) is 1.87. The summed E-state index contributed by atoms with van der Waals surface area (Å²) >= 11 is 0. The fraction of sp³-hybridized carbons (Fsp3) is 0.611. The number of rotatable bonds is 7. The van der Waals surface area contributed by atoms with Gasteiger partial charge in [0.05, 0.1) is 12.0 Å². The molecule has 0 spiro atoms. The first kappa shape index (κ1) is 20.7. The third kappa shape index (κ3) is 5.18. The molecular formula is C18H29N3O4S. The fourth-order valence-electron chi connectivity index (χ4n) is 3.00. The molecule has 7 nitrogen and oxygen atoms in total. The maximum Gasteiger partial charge on any atom is 0.241 e. The lowest BCUT2D eigenvalue weighted by atomic mass is 9.98. The van der Waals surface area contributed by atoms with E-state index >= 15 is 0 Å². The molecule has 1 fully saturated rings. The standard InChI is InChI=1S/C18H29N3O4S/c1-12(2)17(18(22)20-16-6-5-11-19-13(16)3)21-26(23,24)15-9-7-14(25-4)8-10-15/h7-10,12-13,16-17,19,21H,5-6,11H2,1-4H3,(H,20,22). The lowest BCUT2D eigenvalue weighted by Gasteiger charge is -2.32. The Kier molecular flexibility index (Phi) is 7.02. The molecular weight excluding hydrogens is 354 g/mol. The van der Waals surface area contributed by atoms with Gasteiger partial charge in [0.2, 0.25) is 15.9 Å². The number of carbonyl (C=O) groups excluding carboxylic acids is 1. The first-order valence-electron chi connectivity index (χ1n) is 8.94. The van der Waals surface area contributed by atoms with Crippen molar-refractivity contribution in [3.8, 4) is 5.75 Å². The summed E-state index contributed by atoms with van der Waals surface area (Å²) in [5.74, 6) is 0.0911. The van der Waals surface area contributed by atoms with E-state index in [-0.39, 0.29) is 28.8 Å². The number of piperidine rings is 1. The SMILES string of the molecule is COc1ccc(S(=O)(=O)NC(C(=O)NC2CCCNC2C)C(C)C)cc1. The predicted molar refractivity (Wildman–Crippen MR) is 101 cm³/mol. The van der Waals surface area contributed by atoms with E-state index in [4.69, 9.17) is 4.74 Å². The minimum absolute atomic E-state index is 0.00277. The Balaban J connectivity index is 2.11. The van der Waals surface area contributed by atoms with Gasteiger partial charge in [0.15, 0.2) is 0 Å². The van der Waals surface area contributed by atoms with Gasteiger partial charge in [-0.3, -0.25) is 4.79 Å². The maximum atomic E-state index is 12.7. The van der Waals surface area contributed by atoms with Crippen LogP contribution in [-0.2, 0) is 14.8 Å². The summed E-state index contributed by atoms with van der Waals surface area (Å²) in [6, 6.07) is 5.41. The molecule has 1 amide bonds. The molecule has 1 aromatic carbocycles. The van der Waals surface area contributed by atoms with Crippen molar-refractivity contribution in [3.05, 3.63) is 24.3 Å². The largest absolute Gasteiger partial charge is 0.497 e. The summed E-state index contributed by atoms with van der Waals surface area (Å²) in [4.78, 5) is 12.8. The number of methoxy groups -OCH3 is 1. The molecule has 3 N–H and O–H groups in total. The molecule has 0 aliphatic carbocycles. The molecule has 1 aliphatic rings. The lowest BCUT2D eigenvalue weighted by molar-refractivity contribution is -0.124. The number of hydrogen-bond acceptors (Lipinski definition) is 5. The van der Waals surface area contributed by atoms with Crippen LogP contribution in [0.1, 0.15) is 33.6 Å². The van der Waals surface area contributed by atoms with Gasteiger partial charge in [-0.05, 0) is 56.5 Å². The molecule has 1 aliphatic heterocycles. The Bertz CT molecular complexity index is 704. The van der Waals surface area contributed by atoms with Crippen molar-refractivity contribution in [2.75, 3.05) is 13.7 Å². The van der Waals surface area contributed by atoms with Crippen molar-refractivity contribution in [1.82, 2.24) is 15.4 Å². The van der Waals surface area contributed by atoms with E-state index in [1.165, 1.54) is 19.2 Å². The van der Waals surface area contributed by atoms with Crippen LogP contribution in [0.2, 0.25) is 0 Å². The third-order valence-electron chi connectivity index (χ3n) is 4.69. The summed E-state index contributed by atoms with van der Waals surface area (Å²) in [7, 11) is -2.29. The smallest absolute Gasteiger partial charge is 0.241 e. The van der Waals surface area contributed by atoms with Crippen molar-refractivity contribution in [3.63, 3.8) is 0 Å². The van der Waals surface area contributed by atoms with E-state index in [9.17, 15) is 13.2 Å². The molecule has 2 rings (SSSR count). The quantitative estimate of drug-likeness (QED) is 0.659. The molecule has 26 heavy (non-hydrogen) atoms. The minimum Gasteiger partial charge on any atom is -0.497 e. The van der Waals surface area contributed by atoms with E-state index in [0.717, 1.165) is 19.4 Å². The molecule has 146 valence electrons. The number of carbonyl (C=O) groups is 1. The van der Waals surface area contributed by atoms with Crippen LogP contribution in [0, 0.1) is 5.92 Å². The van der Waals surface area contributed by atoms with E-state index in [2.05, 4.69) is 15.4 Å². The van der Waals surface area contributed by atoms with Crippen LogP contribution in [0.3, 0.4) is 0 Å². The van der Waals surface area contributed by atoms with Crippen LogP contribution >= 0.6 is 0 Å². The van der Waals surface area contributed by atoms with Gasteiger partial charge in [-0.2, -0.15) is 4.72 Å². The number of ether oxygens (including phenoxy) is 1. The van der Waals surface area contributed by atoms with Gasteiger partial charge in [-0.1, -0.05) is 13.8 Å². The summed E-state index contributed by atoms with van der Waals surface area (Å²) in [5, 5.41) is 6.32. The van der Waals surface area contributed by atoms with E-state index in [1.807, 2.05) is 20.8 Å². The first-order chi connectivity index (χ1) is 12.2. The zero-order valence-corrected chi connectivity index (χ0v) is 16.6. The van der Waals surface area contributed by atoms with Crippen molar-refractivity contribution in [1.29, 1.82) is 0 Å². The second-order valence-corrected chi connectivity index (χ2v) is 8.73. The number of benzene rings is 1. The Labute approximate surface area is 155 Å². The molecule has 0 radical (unpaired) electrons. The van der Waals surface area contributed by atoms with Gasteiger partial charge < -0.3 is 15.4 Å². The molecule has 0 aromatic heterocycles. The van der Waals surface area contributed by atoms with Gasteiger partial charge in [0.1, 0.15) is 11.8 Å². The van der Waals surface area contributed by atoms with Crippen molar-refractivity contribution < 1.29 is 17.9 Å². The Morgan fingerprint density at radius 3 is 2.46 bits per heavy atom. The molecule has 1 heterocycles. The molecule has 3 unspecified atom stereocenters. The molecule has 0 bridgehead atoms. The normalized spacial score (nSPS) is 22.0. The van der Waals surface area contributed by atoms with E-state index in [1.54, 1.807) is 12.1 Å². The second kappa shape index (κ2) is 8.83. The molecule has 0 saturated carbocycles. The van der Waals surface area contributed by atoms with Gasteiger partial charge in [0, 0.05) is 12.1 Å². The average Bonchev–Trinajstić information content (AvgIpc) is 2.61.